The summed E-state index contributed by atoms with van der Waals surface area (Å²) in [5.41, 5.74) is 0. The Morgan fingerprint density at radius 3 is 2.08 bits per heavy atom. The SMILES string of the molecule is C=COC.CCCCCCC(C)C. The summed E-state index contributed by atoms with van der Waals surface area (Å²) < 4.78 is 4.31. The molecule has 0 N–H and O–H groups in total. The molecule has 0 aliphatic rings. The van der Waals surface area contributed by atoms with Gasteiger partial charge in [-0.2, -0.15) is 0 Å². The van der Waals surface area contributed by atoms with Gasteiger partial charge in [0.15, 0.2) is 0 Å². The summed E-state index contributed by atoms with van der Waals surface area (Å²) in [6.45, 7) is 10.1. The van der Waals surface area contributed by atoms with Gasteiger partial charge in [0.05, 0.1) is 13.4 Å². The molecule has 1 nitrogen and oxygen atoms in total. The Balaban J connectivity index is 0. The van der Waals surface area contributed by atoms with Crippen molar-refractivity contribution in [2.24, 2.45) is 5.92 Å². The number of ether oxygens (including phenoxy) is 1. The molecule has 0 aliphatic carbocycles. The van der Waals surface area contributed by atoms with E-state index in [0.717, 1.165) is 5.92 Å². The second-order valence-corrected chi connectivity index (χ2v) is 3.65. The Kier molecular flexibility index (Phi) is 16.3. The van der Waals surface area contributed by atoms with Crippen molar-refractivity contribution in [1.29, 1.82) is 0 Å². The number of hydrogen-bond donors (Lipinski definition) is 0. The first-order valence-electron chi connectivity index (χ1n) is 5.32. The van der Waals surface area contributed by atoms with E-state index in [0.29, 0.717) is 0 Å². The minimum Gasteiger partial charge on any atom is -0.505 e. The van der Waals surface area contributed by atoms with Crippen LogP contribution in [0.25, 0.3) is 0 Å². The van der Waals surface area contributed by atoms with Crippen LogP contribution in [0.1, 0.15) is 52.9 Å². The first kappa shape index (κ1) is 15.0. The molecule has 0 aromatic rings. The normalized spacial score (nSPS) is 9.00. The fourth-order valence-electron chi connectivity index (χ4n) is 0.979. The Morgan fingerprint density at radius 1 is 1.23 bits per heavy atom. The van der Waals surface area contributed by atoms with Gasteiger partial charge >= 0.3 is 0 Å². The molecule has 0 atom stereocenters. The maximum absolute atomic E-state index is 4.31. The highest BCUT2D eigenvalue weighted by molar-refractivity contribution is 4.45. The van der Waals surface area contributed by atoms with Gasteiger partial charge in [-0.3, -0.25) is 0 Å². The van der Waals surface area contributed by atoms with Crippen molar-refractivity contribution in [3.05, 3.63) is 12.8 Å². The third-order valence-electron chi connectivity index (χ3n) is 1.80. The van der Waals surface area contributed by atoms with Crippen LogP contribution in [0.3, 0.4) is 0 Å². The molecule has 0 saturated carbocycles. The second-order valence-electron chi connectivity index (χ2n) is 3.65. The monoisotopic (exact) mass is 186 g/mol. The summed E-state index contributed by atoms with van der Waals surface area (Å²) in [5, 5.41) is 0. The highest BCUT2D eigenvalue weighted by atomic mass is 16.5. The molecule has 0 spiro atoms. The number of methoxy groups -OCH3 is 1. The number of unbranched alkanes of at least 4 members (excludes halogenated alkanes) is 3. The second kappa shape index (κ2) is 14.1. The molecule has 0 amide bonds. The van der Waals surface area contributed by atoms with Crippen LogP contribution in [0.15, 0.2) is 12.8 Å². The zero-order valence-electron chi connectivity index (χ0n) is 9.81. The maximum atomic E-state index is 4.31. The van der Waals surface area contributed by atoms with Crippen LogP contribution in [-0.4, -0.2) is 7.11 Å². The highest BCUT2D eigenvalue weighted by Gasteiger charge is 1.91. The van der Waals surface area contributed by atoms with Crippen molar-refractivity contribution in [3.63, 3.8) is 0 Å². The lowest BCUT2D eigenvalue weighted by Crippen LogP contribution is -1.86. The van der Waals surface area contributed by atoms with Gasteiger partial charge in [-0.25, -0.2) is 0 Å². The number of hydrogen-bond acceptors (Lipinski definition) is 1. The maximum Gasteiger partial charge on any atom is 0.0766 e. The largest absolute Gasteiger partial charge is 0.505 e. The lowest BCUT2D eigenvalue weighted by molar-refractivity contribution is 0.339. The Labute approximate surface area is 84.2 Å². The molecular formula is C12H26O. The molecular weight excluding hydrogens is 160 g/mol. The van der Waals surface area contributed by atoms with Crippen LogP contribution in [0.2, 0.25) is 0 Å². The predicted octanol–water partition coefficient (Wildman–Crippen LogP) is 4.39. The lowest BCUT2D eigenvalue weighted by atomic mass is 10.1. The molecule has 0 unspecified atom stereocenters. The van der Waals surface area contributed by atoms with Crippen molar-refractivity contribution >= 4 is 0 Å². The highest BCUT2D eigenvalue weighted by Crippen LogP contribution is 2.08. The van der Waals surface area contributed by atoms with Crippen LogP contribution in [0.4, 0.5) is 0 Å². The van der Waals surface area contributed by atoms with Gasteiger partial charge in [-0.15, -0.1) is 0 Å². The van der Waals surface area contributed by atoms with Crippen LogP contribution in [0.5, 0.6) is 0 Å². The lowest BCUT2D eigenvalue weighted by Gasteiger charge is -2.01. The van der Waals surface area contributed by atoms with Gasteiger partial charge in [-0.1, -0.05) is 59.5 Å². The van der Waals surface area contributed by atoms with Crippen molar-refractivity contribution in [1.82, 2.24) is 0 Å². The molecule has 13 heavy (non-hydrogen) atoms. The van der Waals surface area contributed by atoms with Gasteiger partial charge in [0.25, 0.3) is 0 Å². The Hall–Kier alpha value is -0.460. The topological polar surface area (TPSA) is 9.23 Å². The minimum absolute atomic E-state index is 0.904. The van der Waals surface area contributed by atoms with E-state index in [2.05, 4.69) is 32.1 Å². The van der Waals surface area contributed by atoms with Gasteiger partial charge in [0.2, 0.25) is 0 Å². The molecule has 0 heterocycles. The fourth-order valence-corrected chi connectivity index (χ4v) is 0.979. The summed E-state index contributed by atoms with van der Waals surface area (Å²) in [6, 6.07) is 0. The standard InChI is InChI=1S/C9H20.C3H6O/c1-4-5-6-7-8-9(2)3;1-3-4-2/h9H,4-8H2,1-3H3;3H,1H2,2H3. The minimum atomic E-state index is 0.904. The third-order valence-corrected chi connectivity index (χ3v) is 1.80. The molecule has 0 rings (SSSR count). The molecule has 80 valence electrons. The van der Waals surface area contributed by atoms with E-state index in [1.165, 1.54) is 38.4 Å². The zero-order chi connectivity index (χ0) is 10.5. The molecule has 0 saturated heterocycles. The Morgan fingerprint density at radius 2 is 1.77 bits per heavy atom. The smallest absolute Gasteiger partial charge is 0.0766 e. The number of rotatable bonds is 6. The van der Waals surface area contributed by atoms with E-state index in [1.54, 1.807) is 7.11 Å². The zero-order valence-corrected chi connectivity index (χ0v) is 9.81. The average Bonchev–Trinajstić information content (AvgIpc) is 2.13. The molecule has 0 bridgehead atoms. The molecule has 0 aromatic heterocycles. The average molecular weight is 186 g/mol. The van der Waals surface area contributed by atoms with E-state index in [1.807, 2.05) is 0 Å². The quantitative estimate of drug-likeness (QED) is 0.441. The summed E-state index contributed by atoms with van der Waals surface area (Å²) in [4.78, 5) is 0. The molecule has 0 aliphatic heterocycles. The summed E-state index contributed by atoms with van der Waals surface area (Å²) in [6.07, 6.45) is 8.45. The van der Waals surface area contributed by atoms with Crippen molar-refractivity contribution in [2.45, 2.75) is 52.9 Å². The van der Waals surface area contributed by atoms with Crippen molar-refractivity contribution in [3.8, 4) is 0 Å². The van der Waals surface area contributed by atoms with Gasteiger partial charge in [0, 0.05) is 0 Å². The van der Waals surface area contributed by atoms with E-state index < -0.39 is 0 Å². The van der Waals surface area contributed by atoms with Crippen LogP contribution in [0, 0.1) is 5.92 Å². The van der Waals surface area contributed by atoms with Crippen LogP contribution >= 0.6 is 0 Å². The van der Waals surface area contributed by atoms with E-state index in [9.17, 15) is 0 Å². The molecule has 0 aromatic carbocycles. The van der Waals surface area contributed by atoms with Crippen molar-refractivity contribution in [2.75, 3.05) is 7.11 Å². The first-order chi connectivity index (χ1) is 6.18. The van der Waals surface area contributed by atoms with E-state index in [-0.39, 0.29) is 0 Å². The van der Waals surface area contributed by atoms with Crippen molar-refractivity contribution < 1.29 is 4.74 Å². The summed E-state index contributed by atoms with van der Waals surface area (Å²) in [5.74, 6) is 0.904. The first-order valence-corrected chi connectivity index (χ1v) is 5.32. The Bertz CT molecular complexity index is 87.1. The molecule has 0 fully saturated rings. The van der Waals surface area contributed by atoms with Gasteiger partial charge in [-0.05, 0) is 5.92 Å². The molecule has 1 heteroatoms. The van der Waals surface area contributed by atoms with E-state index in [4.69, 9.17) is 0 Å². The van der Waals surface area contributed by atoms with E-state index >= 15 is 0 Å². The summed E-state index contributed by atoms with van der Waals surface area (Å²) in [7, 11) is 1.56. The molecule has 0 radical (unpaired) electrons. The van der Waals surface area contributed by atoms with Gasteiger partial charge in [0.1, 0.15) is 0 Å². The van der Waals surface area contributed by atoms with Crippen LogP contribution in [-0.2, 0) is 4.74 Å². The predicted molar refractivity (Wildman–Crippen MR) is 60.8 cm³/mol. The van der Waals surface area contributed by atoms with Gasteiger partial charge < -0.3 is 4.74 Å². The summed E-state index contributed by atoms with van der Waals surface area (Å²) >= 11 is 0. The third kappa shape index (κ3) is 24.6. The fraction of sp³-hybridized carbons (Fsp3) is 0.833. The van der Waals surface area contributed by atoms with Crippen LogP contribution < -0.4 is 0 Å².